The Kier molecular flexibility index (Phi) is 5.78. The van der Waals surface area contributed by atoms with E-state index in [-0.39, 0.29) is 18.1 Å². The van der Waals surface area contributed by atoms with Gasteiger partial charge in [0, 0.05) is 0 Å². The zero-order valence-electron chi connectivity index (χ0n) is 16.5. The number of carbonyl (C=O) groups excluding carboxylic acids is 1. The van der Waals surface area contributed by atoms with Gasteiger partial charge in [0.15, 0.2) is 18.5 Å². The smallest absolute Gasteiger partial charge is 0.344 e. The fourth-order valence-corrected chi connectivity index (χ4v) is 2.96. The summed E-state index contributed by atoms with van der Waals surface area (Å²) in [6, 6.07) is 13.0. The lowest BCUT2D eigenvalue weighted by atomic mass is 10.0. The van der Waals surface area contributed by atoms with Crippen molar-refractivity contribution in [2.45, 2.75) is 39.7 Å². The quantitative estimate of drug-likeness (QED) is 0.653. The summed E-state index contributed by atoms with van der Waals surface area (Å²) < 4.78 is 11.1. The van der Waals surface area contributed by atoms with E-state index in [1.54, 1.807) is 31.2 Å². The number of aryl methyl sites for hydroxylation is 1. The van der Waals surface area contributed by atoms with E-state index >= 15 is 0 Å². The highest BCUT2D eigenvalue weighted by Gasteiger charge is 2.17. The zero-order valence-corrected chi connectivity index (χ0v) is 16.5. The third-order valence-electron chi connectivity index (χ3n) is 4.46. The van der Waals surface area contributed by atoms with Crippen LogP contribution in [0.5, 0.6) is 5.75 Å². The number of esters is 1. The number of carbonyl (C=O) groups is 1. The van der Waals surface area contributed by atoms with E-state index in [2.05, 4.69) is 23.8 Å². The van der Waals surface area contributed by atoms with Gasteiger partial charge in [-0.05, 0) is 49.1 Å². The first-order valence-corrected chi connectivity index (χ1v) is 9.27. The van der Waals surface area contributed by atoms with Gasteiger partial charge in [0.05, 0.1) is 10.9 Å². The number of fused-ring (bicyclic) bond motifs is 1. The molecule has 2 aromatic carbocycles. The first-order valence-electron chi connectivity index (χ1n) is 9.27. The molecule has 1 aromatic heterocycles. The molecule has 0 spiro atoms. The lowest BCUT2D eigenvalue weighted by molar-refractivity contribution is -0.151. The number of benzene rings is 2. The molecule has 0 unspecified atom stereocenters. The lowest BCUT2D eigenvalue weighted by Crippen LogP contribution is -2.21. The van der Waals surface area contributed by atoms with Crippen molar-refractivity contribution in [1.82, 2.24) is 9.97 Å². The molecule has 0 amide bonds. The molecule has 1 heterocycles. The van der Waals surface area contributed by atoms with Gasteiger partial charge in [0.1, 0.15) is 5.75 Å². The van der Waals surface area contributed by atoms with Crippen molar-refractivity contribution in [3.63, 3.8) is 0 Å². The normalized spacial score (nSPS) is 12.2. The molecule has 0 aliphatic heterocycles. The van der Waals surface area contributed by atoms with Gasteiger partial charge in [-0.25, -0.2) is 9.78 Å². The molecular formula is C22H24N2O4. The van der Waals surface area contributed by atoms with Crippen LogP contribution >= 0.6 is 0 Å². The van der Waals surface area contributed by atoms with E-state index in [1.807, 2.05) is 25.1 Å². The van der Waals surface area contributed by atoms with Crippen molar-refractivity contribution in [2.75, 3.05) is 6.61 Å². The van der Waals surface area contributed by atoms with Crippen LogP contribution in [-0.4, -0.2) is 22.5 Å². The third kappa shape index (κ3) is 4.39. The summed E-state index contributed by atoms with van der Waals surface area (Å²) in [5.74, 6) is 0.726. The Labute approximate surface area is 163 Å². The SMILES string of the molecule is Cc1ccc(C(C)C)c(OCC(=O)O[C@@H](C)c2nc3ccccc3c(=O)[nH]2)c1. The van der Waals surface area contributed by atoms with E-state index in [9.17, 15) is 9.59 Å². The van der Waals surface area contributed by atoms with E-state index in [1.165, 1.54) is 0 Å². The molecule has 28 heavy (non-hydrogen) atoms. The largest absolute Gasteiger partial charge is 0.482 e. The molecule has 0 aliphatic rings. The Hall–Kier alpha value is -3.15. The lowest BCUT2D eigenvalue weighted by Gasteiger charge is -2.16. The molecule has 146 valence electrons. The van der Waals surface area contributed by atoms with Crippen LogP contribution in [0.3, 0.4) is 0 Å². The number of aromatic nitrogens is 2. The molecule has 6 heteroatoms. The molecule has 1 atom stereocenters. The van der Waals surface area contributed by atoms with Gasteiger partial charge in [0.25, 0.3) is 5.56 Å². The van der Waals surface area contributed by atoms with E-state index < -0.39 is 12.1 Å². The Morgan fingerprint density at radius 3 is 2.64 bits per heavy atom. The Morgan fingerprint density at radius 2 is 1.89 bits per heavy atom. The van der Waals surface area contributed by atoms with E-state index in [4.69, 9.17) is 9.47 Å². The standard InChI is InChI=1S/C22H24N2O4/c1-13(2)16-10-9-14(3)11-19(16)27-12-20(25)28-15(4)21-23-18-8-6-5-7-17(18)22(26)24-21/h5-11,13,15H,12H2,1-4H3,(H,23,24,26)/t15-/m0/s1. The van der Waals surface area contributed by atoms with E-state index in [0.717, 1.165) is 11.1 Å². The second kappa shape index (κ2) is 8.25. The summed E-state index contributed by atoms with van der Waals surface area (Å²) in [5.41, 5.74) is 2.38. The number of ether oxygens (including phenoxy) is 2. The molecule has 3 rings (SSSR count). The van der Waals surface area contributed by atoms with Crippen LogP contribution in [0, 0.1) is 6.92 Å². The first kappa shape index (κ1) is 19.6. The van der Waals surface area contributed by atoms with Gasteiger partial charge >= 0.3 is 5.97 Å². The summed E-state index contributed by atoms with van der Waals surface area (Å²) in [4.78, 5) is 31.5. The van der Waals surface area contributed by atoms with Crippen molar-refractivity contribution >= 4 is 16.9 Å². The Balaban J connectivity index is 1.69. The monoisotopic (exact) mass is 380 g/mol. The van der Waals surface area contributed by atoms with Gasteiger partial charge in [-0.1, -0.05) is 38.1 Å². The van der Waals surface area contributed by atoms with Crippen molar-refractivity contribution in [1.29, 1.82) is 0 Å². The topological polar surface area (TPSA) is 81.3 Å². The molecule has 0 saturated heterocycles. The molecule has 0 fully saturated rings. The highest BCUT2D eigenvalue weighted by atomic mass is 16.6. The van der Waals surface area contributed by atoms with Gasteiger partial charge in [0.2, 0.25) is 0 Å². The van der Waals surface area contributed by atoms with Crippen molar-refractivity contribution < 1.29 is 14.3 Å². The molecule has 0 aliphatic carbocycles. The number of H-pyrrole nitrogens is 1. The number of hydrogen-bond donors (Lipinski definition) is 1. The summed E-state index contributed by atoms with van der Waals surface area (Å²) >= 11 is 0. The van der Waals surface area contributed by atoms with Crippen LogP contribution in [0.25, 0.3) is 10.9 Å². The Bertz CT molecular complexity index is 1060. The zero-order chi connectivity index (χ0) is 20.3. The van der Waals surface area contributed by atoms with Crippen LogP contribution in [0.1, 0.15) is 49.7 Å². The molecule has 3 aromatic rings. The van der Waals surface area contributed by atoms with Crippen molar-refractivity contribution in [3.05, 3.63) is 69.8 Å². The maximum atomic E-state index is 12.2. The summed E-state index contributed by atoms with van der Waals surface area (Å²) in [5, 5.41) is 0.494. The van der Waals surface area contributed by atoms with Crippen LogP contribution in [-0.2, 0) is 9.53 Å². The van der Waals surface area contributed by atoms with Crippen molar-refractivity contribution in [2.24, 2.45) is 0 Å². The van der Waals surface area contributed by atoms with Crippen molar-refractivity contribution in [3.8, 4) is 5.75 Å². The number of para-hydroxylation sites is 1. The summed E-state index contributed by atoms with van der Waals surface area (Å²) in [6.07, 6.45) is -0.699. The third-order valence-corrected chi connectivity index (χ3v) is 4.46. The molecule has 1 N–H and O–H groups in total. The molecule has 0 bridgehead atoms. The maximum absolute atomic E-state index is 12.2. The van der Waals surface area contributed by atoms with Crippen LogP contribution in [0.4, 0.5) is 0 Å². The highest BCUT2D eigenvalue weighted by Crippen LogP contribution is 2.27. The predicted octanol–water partition coefficient (Wildman–Crippen LogP) is 4.04. The Morgan fingerprint density at radius 1 is 1.14 bits per heavy atom. The fraction of sp³-hybridized carbons (Fsp3) is 0.318. The first-order chi connectivity index (χ1) is 13.3. The number of rotatable bonds is 6. The van der Waals surface area contributed by atoms with Gasteiger partial charge in [-0.3, -0.25) is 4.79 Å². The minimum atomic E-state index is -0.699. The van der Waals surface area contributed by atoms with E-state index in [0.29, 0.717) is 22.5 Å². The molecule has 0 saturated carbocycles. The minimum Gasteiger partial charge on any atom is -0.482 e. The number of aromatic amines is 1. The highest BCUT2D eigenvalue weighted by molar-refractivity contribution is 5.77. The average molecular weight is 380 g/mol. The fourth-order valence-electron chi connectivity index (χ4n) is 2.96. The second-order valence-corrected chi connectivity index (χ2v) is 7.09. The molecular weight excluding hydrogens is 356 g/mol. The molecule has 6 nitrogen and oxygen atoms in total. The van der Waals surface area contributed by atoms with Crippen LogP contribution in [0.2, 0.25) is 0 Å². The van der Waals surface area contributed by atoms with Crippen LogP contribution < -0.4 is 10.3 Å². The number of nitrogens with one attached hydrogen (secondary N) is 1. The summed E-state index contributed by atoms with van der Waals surface area (Å²) in [6.45, 7) is 7.56. The maximum Gasteiger partial charge on any atom is 0.344 e. The van der Waals surface area contributed by atoms with Gasteiger partial charge < -0.3 is 14.5 Å². The average Bonchev–Trinajstić information content (AvgIpc) is 2.66. The minimum absolute atomic E-state index is 0.217. The molecule has 0 radical (unpaired) electrons. The predicted molar refractivity (Wildman–Crippen MR) is 108 cm³/mol. The second-order valence-electron chi connectivity index (χ2n) is 7.09. The number of hydrogen-bond acceptors (Lipinski definition) is 5. The van der Waals surface area contributed by atoms with Gasteiger partial charge in [-0.2, -0.15) is 0 Å². The van der Waals surface area contributed by atoms with Gasteiger partial charge in [-0.15, -0.1) is 0 Å². The summed E-state index contributed by atoms with van der Waals surface area (Å²) in [7, 11) is 0. The number of nitrogens with zero attached hydrogens (tertiary/aromatic N) is 1. The van der Waals surface area contributed by atoms with Crippen LogP contribution in [0.15, 0.2) is 47.3 Å².